The lowest BCUT2D eigenvalue weighted by molar-refractivity contribution is 0.0923. The highest BCUT2D eigenvalue weighted by Crippen LogP contribution is 2.22. The Morgan fingerprint density at radius 3 is 2.50 bits per heavy atom. The van der Waals surface area contributed by atoms with Crippen LogP contribution in [0.25, 0.3) is 0 Å². The lowest BCUT2D eigenvalue weighted by atomic mass is 10.2. The van der Waals surface area contributed by atoms with E-state index in [4.69, 9.17) is 32.4 Å². The van der Waals surface area contributed by atoms with Gasteiger partial charge in [-0.25, -0.2) is 5.43 Å². The second-order valence-electron chi connectivity index (χ2n) is 5.20. The number of furan rings is 1. The van der Waals surface area contributed by atoms with Gasteiger partial charge >= 0.3 is 5.91 Å². The smallest absolute Gasteiger partial charge is 0.307 e. The summed E-state index contributed by atoms with van der Waals surface area (Å²) in [5, 5.41) is 4.74. The van der Waals surface area contributed by atoms with Crippen LogP contribution in [0.5, 0.6) is 5.75 Å². The highest BCUT2D eigenvalue weighted by atomic mass is 35.5. The Bertz CT molecular complexity index is 903. The molecule has 1 N–H and O–H groups in total. The van der Waals surface area contributed by atoms with E-state index < -0.39 is 5.91 Å². The van der Waals surface area contributed by atoms with Crippen LogP contribution in [0.15, 0.2) is 70.2 Å². The monoisotopic (exact) mass is 388 g/mol. The minimum absolute atomic E-state index is 0.124. The summed E-state index contributed by atoms with van der Waals surface area (Å²) < 4.78 is 11.0. The number of hydrogen-bond donors (Lipinski definition) is 1. The van der Waals surface area contributed by atoms with Gasteiger partial charge in [0.2, 0.25) is 0 Å². The van der Waals surface area contributed by atoms with Gasteiger partial charge in [-0.15, -0.1) is 0 Å². The van der Waals surface area contributed by atoms with E-state index in [2.05, 4.69) is 10.5 Å². The molecule has 0 fully saturated rings. The molecule has 0 spiro atoms. The summed E-state index contributed by atoms with van der Waals surface area (Å²) in [5.74, 6) is 0.878. The zero-order chi connectivity index (χ0) is 18.4. The van der Waals surface area contributed by atoms with Crippen molar-refractivity contribution in [3.8, 4) is 5.75 Å². The molecule has 0 bridgehead atoms. The molecule has 3 rings (SSSR count). The number of para-hydroxylation sites is 1. The molecule has 0 aliphatic carbocycles. The first-order valence-corrected chi connectivity index (χ1v) is 8.43. The summed E-state index contributed by atoms with van der Waals surface area (Å²) >= 11 is 12.1. The SMILES string of the molecule is O=C(N/N=C\c1c(Cl)cccc1Cl)c1ccc(COc2ccccc2)o1. The van der Waals surface area contributed by atoms with E-state index in [0.29, 0.717) is 21.4 Å². The molecule has 0 atom stereocenters. The Kier molecular flexibility index (Phi) is 5.94. The van der Waals surface area contributed by atoms with E-state index in [9.17, 15) is 4.79 Å². The fraction of sp³-hybridized carbons (Fsp3) is 0.0526. The van der Waals surface area contributed by atoms with Crippen LogP contribution in [0.1, 0.15) is 21.9 Å². The molecule has 3 aromatic rings. The number of benzene rings is 2. The first-order valence-electron chi connectivity index (χ1n) is 7.67. The molecule has 0 aliphatic heterocycles. The van der Waals surface area contributed by atoms with Gasteiger partial charge in [-0.1, -0.05) is 47.5 Å². The van der Waals surface area contributed by atoms with Crippen LogP contribution in [0, 0.1) is 0 Å². The number of carbonyl (C=O) groups is 1. The molecule has 1 heterocycles. The Morgan fingerprint density at radius 1 is 1.04 bits per heavy atom. The van der Waals surface area contributed by atoms with Crippen molar-refractivity contribution in [2.75, 3.05) is 0 Å². The molecular formula is C19H14Cl2N2O3. The highest BCUT2D eigenvalue weighted by molar-refractivity contribution is 6.38. The fourth-order valence-electron chi connectivity index (χ4n) is 2.09. The molecule has 0 aliphatic rings. The standard InChI is InChI=1S/C19H14Cl2N2O3/c20-16-7-4-8-17(21)15(16)11-22-23-19(24)18-10-9-14(26-18)12-25-13-5-2-1-3-6-13/h1-11H,12H2,(H,23,24)/b22-11-. The molecule has 0 saturated carbocycles. The third-order valence-corrected chi connectivity index (χ3v) is 4.03. The number of rotatable bonds is 6. The summed E-state index contributed by atoms with van der Waals surface area (Å²) in [6, 6.07) is 17.6. The number of hydrogen-bond acceptors (Lipinski definition) is 4. The van der Waals surface area contributed by atoms with Gasteiger partial charge in [-0.05, 0) is 36.4 Å². The summed E-state index contributed by atoms with van der Waals surface area (Å²) in [6.07, 6.45) is 1.38. The first-order chi connectivity index (χ1) is 12.6. The number of carbonyl (C=O) groups excluding carboxylic acids is 1. The molecule has 7 heteroatoms. The number of halogens is 2. The van der Waals surface area contributed by atoms with Crippen molar-refractivity contribution in [2.24, 2.45) is 5.10 Å². The van der Waals surface area contributed by atoms with Crippen LogP contribution in [0.3, 0.4) is 0 Å². The van der Waals surface area contributed by atoms with Crippen molar-refractivity contribution in [3.63, 3.8) is 0 Å². The van der Waals surface area contributed by atoms with Gasteiger partial charge in [-0.3, -0.25) is 4.79 Å². The average molecular weight is 389 g/mol. The number of amides is 1. The Morgan fingerprint density at radius 2 is 1.77 bits per heavy atom. The Hall–Kier alpha value is -2.76. The first kappa shape index (κ1) is 18.0. The van der Waals surface area contributed by atoms with Gasteiger partial charge in [0, 0.05) is 5.56 Å². The lowest BCUT2D eigenvalue weighted by Gasteiger charge is -2.03. The van der Waals surface area contributed by atoms with Crippen LogP contribution >= 0.6 is 23.2 Å². The highest BCUT2D eigenvalue weighted by Gasteiger charge is 2.11. The van der Waals surface area contributed by atoms with Gasteiger partial charge in [0.05, 0.1) is 16.3 Å². The number of ether oxygens (including phenoxy) is 1. The van der Waals surface area contributed by atoms with Gasteiger partial charge < -0.3 is 9.15 Å². The largest absolute Gasteiger partial charge is 0.486 e. The van der Waals surface area contributed by atoms with Crippen molar-refractivity contribution >= 4 is 35.3 Å². The van der Waals surface area contributed by atoms with Crippen LogP contribution < -0.4 is 10.2 Å². The zero-order valence-electron chi connectivity index (χ0n) is 13.5. The van der Waals surface area contributed by atoms with Gasteiger partial charge in [0.25, 0.3) is 0 Å². The average Bonchev–Trinajstić information content (AvgIpc) is 3.12. The third kappa shape index (κ3) is 4.65. The molecule has 0 radical (unpaired) electrons. The quantitative estimate of drug-likeness (QED) is 0.480. The van der Waals surface area contributed by atoms with Crippen molar-refractivity contribution < 1.29 is 13.9 Å². The third-order valence-electron chi connectivity index (χ3n) is 3.37. The van der Waals surface area contributed by atoms with Gasteiger partial charge in [0.15, 0.2) is 5.76 Å². The minimum Gasteiger partial charge on any atom is -0.486 e. The maximum atomic E-state index is 12.1. The number of nitrogens with zero attached hydrogens (tertiary/aromatic N) is 1. The second kappa shape index (κ2) is 8.56. The fourth-order valence-corrected chi connectivity index (χ4v) is 2.59. The van der Waals surface area contributed by atoms with Crippen LogP contribution in [-0.4, -0.2) is 12.1 Å². The van der Waals surface area contributed by atoms with Crippen LogP contribution in [-0.2, 0) is 6.61 Å². The lowest BCUT2D eigenvalue weighted by Crippen LogP contribution is -2.16. The molecular weight excluding hydrogens is 375 g/mol. The molecule has 5 nitrogen and oxygen atoms in total. The summed E-state index contributed by atoms with van der Waals surface area (Å²) in [7, 11) is 0. The molecule has 1 amide bonds. The van der Waals surface area contributed by atoms with E-state index in [1.165, 1.54) is 6.21 Å². The van der Waals surface area contributed by atoms with E-state index >= 15 is 0 Å². The van der Waals surface area contributed by atoms with Crippen molar-refractivity contribution in [1.29, 1.82) is 0 Å². The minimum atomic E-state index is -0.490. The van der Waals surface area contributed by atoms with E-state index in [1.807, 2.05) is 30.3 Å². The Labute approximate surface area is 160 Å². The molecule has 2 aromatic carbocycles. The van der Waals surface area contributed by atoms with Crippen molar-refractivity contribution in [3.05, 3.63) is 87.8 Å². The molecule has 1 aromatic heterocycles. The van der Waals surface area contributed by atoms with Gasteiger partial charge in [0.1, 0.15) is 18.1 Å². The van der Waals surface area contributed by atoms with Gasteiger partial charge in [-0.2, -0.15) is 5.10 Å². The normalized spacial score (nSPS) is 10.8. The summed E-state index contributed by atoms with van der Waals surface area (Å²) in [4.78, 5) is 12.1. The molecule has 0 saturated heterocycles. The van der Waals surface area contributed by atoms with E-state index in [-0.39, 0.29) is 12.4 Å². The van der Waals surface area contributed by atoms with Crippen LogP contribution in [0.4, 0.5) is 0 Å². The topological polar surface area (TPSA) is 63.8 Å². The van der Waals surface area contributed by atoms with Crippen molar-refractivity contribution in [2.45, 2.75) is 6.61 Å². The number of hydrazone groups is 1. The number of nitrogens with one attached hydrogen (secondary N) is 1. The molecule has 132 valence electrons. The zero-order valence-corrected chi connectivity index (χ0v) is 15.0. The van der Waals surface area contributed by atoms with E-state index in [1.54, 1.807) is 30.3 Å². The van der Waals surface area contributed by atoms with Crippen molar-refractivity contribution in [1.82, 2.24) is 5.43 Å². The maximum absolute atomic E-state index is 12.1. The predicted octanol–water partition coefficient (Wildman–Crippen LogP) is 4.93. The molecule has 0 unspecified atom stereocenters. The van der Waals surface area contributed by atoms with Crippen LogP contribution in [0.2, 0.25) is 10.0 Å². The maximum Gasteiger partial charge on any atom is 0.307 e. The van der Waals surface area contributed by atoms with E-state index in [0.717, 1.165) is 5.75 Å². The summed E-state index contributed by atoms with van der Waals surface area (Å²) in [5.41, 5.74) is 2.89. The second-order valence-corrected chi connectivity index (χ2v) is 6.02. The molecule has 26 heavy (non-hydrogen) atoms. The summed E-state index contributed by atoms with van der Waals surface area (Å²) in [6.45, 7) is 0.218. The predicted molar refractivity (Wildman–Crippen MR) is 101 cm³/mol. The Balaban J connectivity index is 1.57.